The number of para-hydroxylation sites is 1. The second-order valence-electron chi connectivity index (χ2n) is 7.97. The van der Waals surface area contributed by atoms with E-state index in [2.05, 4.69) is 34.9 Å². The van der Waals surface area contributed by atoms with Crippen molar-refractivity contribution in [1.29, 1.82) is 0 Å². The van der Waals surface area contributed by atoms with Crippen LogP contribution >= 0.6 is 0 Å². The van der Waals surface area contributed by atoms with Gasteiger partial charge in [0.15, 0.2) is 0 Å². The summed E-state index contributed by atoms with van der Waals surface area (Å²) in [7, 11) is -3.53. The Hall–Kier alpha value is -2.55. The molecule has 0 saturated heterocycles. The standard InChI is InChI=1S/C21H27N3O4S/c1-21(2,11-15-12-22-17-7-5-4-6-16(15)17)23-13-20(26)14-8-9-19(25)18(10-14)24-29(3,27)28/h4-10,12,20,22-26H,11,13H2,1-3H3. The Kier molecular flexibility index (Phi) is 5.88. The summed E-state index contributed by atoms with van der Waals surface area (Å²) < 4.78 is 25.1. The zero-order valence-electron chi connectivity index (χ0n) is 16.7. The number of aliphatic hydroxyl groups excluding tert-OH is 1. The minimum atomic E-state index is -3.53. The molecule has 156 valence electrons. The first kappa shape index (κ1) is 21.2. The van der Waals surface area contributed by atoms with Crippen LogP contribution in [0.1, 0.15) is 31.1 Å². The van der Waals surface area contributed by atoms with E-state index in [1.54, 1.807) is 6.07 Å². The van der Waals surface area contributed by atoms with Crippen molar-refractivity contribution in [1.82, 2.24) is 10.3 Å². The average Bonchev–Trinajstić information content (AvgIpc) is 3.03. The van der Waals surface area contributed by atoms with Crippen molar-refractivity contribution in [3.05, 3.63) is 59.8 Å². The lowest BCUT2D eigenvalue weighted by Crippen LogP contribution is -2.43. The first-order valence-corrected chi connectivity index (χ1v) is 11.2. The fourth-order valence-corrected chi connectivity index (χ4v) is 3.91. The van der Waals surface area contributed by atoms with Gasteiger partial charge in [0.1, 0.15) is 5.75 Å². The van der Waals surface area contributed by atoms with E-state index in [0.717, 1.165) is 18.2 Å². The molecule has 0 bridgehead atoms. The topological polar surface area (TPSA) is 114 Å². The van der Waals surface area contributed by atoms with Crippen molar-refractivity contribution >= 4 is 26.6 Å². The molecular weight excluding hydrogens is 390 g/mol. The van der Waals surface area contributed by atoms with Crippen LogP contribution in [0.5, 0.6) is 5.75 Å². The molecule has 1 aromatic heterocycles. The summed E-state index contributed by atoms with van der Waals surface area (Å²) in [6, 6.07) is 12.5. The minimum absolute atomic E-state index is 0.0436. The number of hydrogen-bond acceptors (Lipinski definition) is 5. The van der Waals surface area contributed by atoms with Crippen LogP contribution in [-0.4, -0.2) is 42.0 Å². The summed E-state index contributed by atoms with van der Waals surface area (Å²) in [6.07, 6.45) is 2.91. The van der Waals surface area contributed by atoms with E-state index in [-0.39, 0.29) is 23.5 Å². The van der Waals surface area contributed by atoms with E-state index in [1.807, 2.05) is 24.4 Å². The fourth-order valence-electron chi connectivity index (χ4n) is 3.35. The van der Waals surface area contributed by atoms with Gasteiger partial charge in [-0.1, -0.05) is 24.3 Å². The monoisotopic (exact) mass is 417 g/mol. The molecule has 1 atom stereocenters. The van der Waals surface area contributed by atoms with Crippen molar-refractivity contribution in [3.8, 4) is 5.75 Å². The molecule has 1 unspecified atom stereocenters. The Labute approximate surface area is 170 Å². The third-order valence-corrected chi connectivity index (χ3v) is 5.37. The number of H-pyrrole nitrogens is 1. The number of aromatic nitrogens is 1. The van der Waals surface area contributed by atoms with Crippen LogP contribution < -0.4 is 10.0 Å². The highest BCUT2D eigenvalue weighted by Crippen LogP contribution is 2.28. The molecule has 0 radical (unpaired) electrons. The largest absolute Gasteiger partial charge is 0.506 e. The third kappa shape index (κ3) is 5.50. The molecule has 1 heterocycles. The number of aromatic amines is 1. The number of hydrogen-bond donors (Lipinski definition) is 5. The zero-order chi connectivity index (χ0) is 21.2. The maximum atomic E-state index is 11.4. The first-order chi connectivity index (χ1) is 13.5. The summed E-state index contributed by atoms with van der Waals surface area (Å²) in [5.41, 5.74) is 2.55. The van der Waals surface area contributed by atoms with Gasteiger partial charge >= 0.3 is 0 Å². The van der Waals surface area contributed by atoms with Crippen LogP contribution in [0.15, 0.2) is 48.7 Å². The Morgan fingerprint density at radius 1 is 1.17 bits per heavy atom. The molecule has 7 nitrogen and oxygen atoms in total. The van der Waals surface area contributed by atoms with Gasteiger partial charge in [0.25, 0.3) is 0 Å². The predicted octanol–water partition coefficient (Wildman–Crippen LogP) is 2.89. The summed E-state index contributed by atoms with van der Waals surface area (Å²) in [5.74, 6) is -0.195. The second-order valence-corrected chi connectivity index (χ2v) is 9.72. The highest BCUT2D eigenvalue weighted by atomic mass is 32.2. The van der Waals surface area contributed by atoms with Gasteiger partial charge in [-0.15, -0.1) is 0 Å². The lowest BCUT2D eigenvalue weighted by molar-refractivity contribution is 0.161. The molecule has 0 aliphatic carbocycles. The number of rotatable bonds is 8. The molecule has 8 heteroatoms. The fraction of sp³-hybridized carbons (Fsp3) is 0.333. The van der Waals surface area contributed by atoms with Crippen LogP contribution in [-0.2, 0) is 16.4 Å². The molecule has 0 saturated carbocycles. The number of aromatic hydroxyl groups is 1. The van der Waals surface area contributed by atoms with Crippen LogP contribution in [0, 0.1) is 0 Å². The Bertz CT molecular complexity index is 1110. The highest BCUT2D eigenvalue weighted by Gasteiger charge is 2.22. The number of nitrogens with one attached hydrogen (secondary N) is 3. The highest BCUT2D eigenvalue weighted by molar-refractivity contribution is 7.92. The smallest absolute Gasteiger partial charge is 0.229 e. The van der Waals surface area contributed by atoms with Crippen LogP contribution in [0.3, 0.4) is 0 Å². The SMILES string of the molecule is CC(C)(Cc1c[nH]c2ccccc12)NCC(O)c1ccc(O)c(NS(C)(=O)=O)c1. The number of fused-ring (bicyclic) bond motifs is 1. The molecule has 0 spiro atoms. The van der Waals surface area contributed by atoms with E-state index in [0.29, 0.717) is 5.56 Å². The number of β-amino-alcohol motifs (C(OH)–C–C–N with tert-alkyl or cyclic N) is 1. The predicted molar refractivity (Wildman–Crippen MR) is 116 cm³/mol. The van der Waals surface area contributed by atoms with Gasteiger partial charge in [0.05, 0.1) is 18.0 Å². The summed E-state index contributed by atoms with van der Waals surface area (Å²) in [5, 5.41) is 25.0. The summed E-state index contributed by atoms with van der Waals surface area (Å²) >= 11 is 0. The average molecular weight is 418 g/mol. The van der Waals surface area contributed by atoms with Gasteiger partial charge in [-0.25, -0.2) is 8.42 Å². The number of benzene rings is 2. The maximum Gasteiger partial charge on any atom is 0.229 e. The Morgan fingerprint density at radius 3 is 2.62 bits per heavy atom. The molecule has 29 heavy (non-hydrogen) atoms. The Morgan fingerprint density at radius 2 is 1.90 bits per heavy atom. The lowest BCUT2D eigenvalue weighted by Gasteiger charge is -2.28. The molecule has 2 aromatic carbocycles. The molecule has 0 amide bonds. The first-order valence-electron chi connectivity index (χ1n) is 9.33. The Balaban J connectivity index is 1.67. The molecule has 0 fully saturated rings. The van der Waals surface area contributed by atoms with Crippen molar-refractivity contribution in [3.63, 3.8) is 0 Å². The van der Waals surface area contributed by atoms with E-state index in [1.165, 1.54) is 23.1 Å². The van der Waals surface area contributed by atoms with E-state index in [4.69, 9.17) is 0 Å². The molecular formula is C21H27N3O4S. The second kappa shape index (κ2) is 8.06. The van der Waals surface area contributed by atoms with Gasteiger partial charge in [-0.2, -0.15) is 0 Å². The third-order valence-electron chi connectivity index (χ3n) is 4.78. The quantitative estimate of drug-likeness (QED) is 0.362. The van der Waals surface area contributed by atoms with Gasteiger partial charge in [-0.3, -0.25) is 4.72 Å². The van der Waals surface area contributed by atoms with Gasteiger partial charge in [-0.05, 0) is 49.6 Å². The van der Waals surface area contributed by atoms with Crippen LogP contribution in [0.4, 0.5) is 5.69 Å². The van der Waals surface area contributed by atoms with Gasteiger partial charge in [0, 0.05) is 29.2 Å². The molecule has 3 aromatic rings. The van der Waals surface area contributed by atoms with Crippen molar-refractivity contribution in [2.24, 2.45) is 0 Å². The van der Waals surface area contributed by atoms with Crippen molar-refractivity contribution in [2.45, 2.75) is 31.9 Å². The van der Waals surface area contributed by atoms with Gasteiger partial charge in [0.2, 0.25) is 10.0 Å². The number of sulfonamides is 1. The van der Waals surface area contributed by atoms with Crippen molar-refractivity contribution < 1.29 is 18.6 Å². The van der Waals surface area contributed by atoms with Crippen LogP contribution in [0.25, 0.3) is 10.9 Å². The lowest BCUT2D eigenvalue weighted by atomic mass is 9.94. The van der Waals surface area contributed by atoms with E-state index < -0.39 is 16.1 Å². The van der Waals surface area contributed by atoms with Crippen molar-refractivity contribution in [2.75, 3.05) is 17.5 Å². The number of anilines is 1. The van der Waals surface area contributed by atoms with E-state index >= 15 is 0 Å². The number of phenols is 1. The van der Waals surface area contributed by atoms with Gasteiger partial charge < -0.3 is 20.5 Å². The summed E-state index contributed by atoms with van der Waals surface area (Å²) in [4.78, 5) is 3.27. The molecule has 0 aliphatic rings. The minimum Gasteiger partial charge on any atom is -0.506 e. The normalized spacial score (nSPS) is 13.5. The van der Waals surface area contributed by atoms with E-state index in [9.17, 15) is 18.6 Å². The number of aliphatic hydroxyl groups is 1. The molecule has 0 aliphatic heterocycles. The maximum absolute atomic E-state index is 11.4. The zero-order valence-corrected chi connectivity index (χ0v) is 17.5. The number of phenolic OH excluding ortho intramolecular Hbond substituents is 1. The van der Waals surface area contributed by atoms with Crippen LogP contribution in [0.2, 0.25) is 0 Å². The summed E-state index contributed by atoms with van der Waals surface area (Å²) in [6.45, 7) is 4.41. The molecule has 5 N–H and O–H groups in total. The molecule has 3 rings (SSSR count).